The van der Waals surface area contributed by atoms with Gasteiger partial charge in [-0.15, -0.1) is 0 Å². The summed E-state index contributed by atoms with van der Waals surface area (Å²) in [5, 5.41) is 11.4. The van der Waals surface area contributed by atoms with Crippen LogP contribution in [0.5, 0.6) is 0 Å². The molecule has 0 fully saturated rings. The van der Waals surface area contributed by atoms with Crippen molar-refractivity contribution in [2.24, 2.45) is 0 Å². The summed E-state index contributed by atoms with van der Waals surface area (Å²) in [5.74, 6) is -0.441. The Labute approximate surface area is 111 Å². The van der Waals surface area contributed by atoms with Crippen LogP contribution < -0.4 is 5.32 Å². The Morgan fingerprint density at radius 1 is 1.47 bits per heavy atom. The van der Waals surface area contributed by atoms with Crippen LogP contribution in [-0.4, -0.2) is 22.8 Å². The molecular formula is C13H19NO5. The molecule has 0 aliphatic heterocycles. The smallest absolute Gasteiger partial charge is 0.408 e. The number of alkyl carbamates (subject to hydrolysis) is 1. The second-order valence-corrected chi connectivity index (χ2v) is 5.23. The predicted molar refractivity (Wildman–Crippen MR) is 67.8 cm³/mol. The van der Waals surface area contributed by atoms with E-state index in [-0.39, 0.29) is 6.42 Å². The van der Waals surface area contributed by atoms with Crippen molar-refractivity contribution in [3.8, 4) is 0 Å². The van der Waals surface area contributed by atoms with Crippen molar-refractivity contribution >= 4 is 12.1 Å². The fourth-order valence-electron chi connectivity index (χ4n) is 1.62. The molecule has 1 amide bonds. The van der Waals surface area contributed by atoms with Gasteiger partial charge in [-0.25, -0.2) is 4.79 Å². The standard InChI is InChI=1S/C13H19NO5/c1-8-9(5-6-18-8)10(7-11(15)16)14-12(17)19-13(2,3)4/h5-6,10H,7H2,1-4H3,(H,14,17)(H,15,16)/t10-/m0/s1. The maximum atomic E-state index is 11.7. The second kappa shape index (κ2) is 5.77. The van der Waals surface area contributed by atoms with Gasteiger partial charge in [0.25, 0.3) is 0 Å². The van der Waals surface area contributed by atoms with Crippen molar-refractivity contribution in [2.75, 3.05) is 0 Å². The number of amides is 1. The quantitative estimate of drug-likeness (QED) is 0.877. The normalized spacial score (nSPS) is 12.8. The van der Waals surface area contributed by atoms with Gasteiger partial charge in [0, 0.05) is 5.56 Å². The summed E-state index contributed by atoms with van der Waals surface area (Å²) in [7, 11) is 0. The van der Waals surface area contributed by atoms with Crippen molar-refractivity contribution in [3.63, 3.8) is 0 Å². The number of aryl methyl sites for hydroxylation is 1. The number of rotatable bonds is 4. The average Bonchev–Trinajstić information content (AvgIpc) is 2.59. The van der Waals surface area contributed by atoms with Gasteiger partial charge in [0.15, 0.2) is 0 Å². The largest absolute Gasteiger partial charge is 0.481 e. The number of aliphatic carboxylic acids is 1. The molecule has 1 rings (SSSR count). The van der Waals surface area contributed by atoms with E-state index in [1.807, 2.05) is 0 Å². The highest BCUT2D eigenvalue weighted by Gasteiger charge is 2.24. The van der Waals surface area contributed by atoms with Gasteiger partial charge in [-0.05, 0) is 33.8 Å². The highest BCUT2D eigenvalue weighted by Crippen LogP contribution is 2.22. The predicted octanol–water partition coefficient (Wildman–Crippen LogP) is 2.63. The molecule has 6 nitrogen and oxygen atoms in total. The van der Waals surface area contributed by atoms with Crippen LogP contribution in [0, 0.1) is 6.92 Å². The van der Waals surface area contributed by atoms with Gasteiger partial charge in [-0.2, -0.15) is 0 Å². The van der Waals surface area contributed by atoms with Gasteiger partial charge < -0.3 is 19.6 Å². The van der Waals surface area contributed by atoms with E-state index in [9.17, 15) is 9.59 Å². The fourth-order valence-corrected chi connectivity index (χ4v) is 1.62. The number of hydrogen-bond acceptors (Lipinski definition) is 4. The molecule has 1 heterocycles. The third-order valence-electron chi connectivity index (χ3n) is 2.34. The molecule has 19 heavy (non-hydrogen) atoms. The molecule has 0 aliphatic carbocycles. The molecule has 0 saturated heterocycles. The Kier molecular flexibility index (Phi) is 4.58. The number of furan rings is 1. The molecule has 1 aromatic heterocycles. The zero-order valence-electron chi connectivity index (χ0n) is 11.5. The number of hydrogen-bond donors (Lipinski definition) is 2. The minimum atomic E-state index is -1.01. The van der Waals surface area contributed by atoms with Crippen LogP contribution in [0.1, 0.15) is 44.6 Å². The lowest BCUT2D eigenvalue weighted by Gasteiger charge is -2.22. The molecule has 6 heteroatoms. The average molecular weight is 269 g/mol. The SMILES string of the molecule is Cc1occc1[C@H](CC(=O)O)NC(=O)OC(C)(C)C. The van der Waals surface area contributed by atoms with Crippen molar-refractivity contribution < 1.29 is 23.8 Å². The van der Waals surface area contributed by atoms with E-state index in [4.69, 9.17) is 14.3 Å². The highest BCUT2D eigenvalue weighted by atomic mass is 16.6. The van der Waals surface area contributed by atoms with Crippen LogP contribution >= 0.6 is 0 Å². The number of ether oxygens (including phenoxy) is 1. The summed E-state index contributed by atoms with van der Waals surface area (Å²) in [6.45, 7) is 6.92. The molecule has 0 saturated carbocycles. The summed E-state index contributed by atoms with van der Waals surface area (Å²) in [5.41, 5.74) is -0.00297. The minimum Gasteiger partial charge on any atom is -0.481 e. The van der Waals surface area contributed by atoms with Gasteiger partial charge in [0.05, 0.1) is 18.7 Å². The van der Waals surface area contributed by atoms with E-state index in [1.165, 1.54) is 6.26 Å². The van der Waals surface area contributed by atoms with Crippen LogP contribution in [-0.2, 0) is 9.53 Å². The first-order valence-electron chi connectivity index (χ1n) is 5.94. The Balaban J connectivity index is 2.79. The van der Waals surface area contributed by atoms with E-state index in [1.54, 1.807) is 33.8 Å². The first-order valence-corrected chi connectivity index (χ1v) is 5.94. The number of nitrogens with one attached hydrogen (secondary N) is 1. The van der Waals surface area contributed by atoms with Gasteiger partial charge in [-0.1, -0.05) is 0 Å². The monoisotopic (exact) mass is 269 g/mol. The van der Waals surface area contributed by atoms with Crippen molar-refractivity contribution in [1.29, 1.82) is 0 Å². The van der Waals surface area contributed by atoms with E-state index in [0.29, 0.717) is 11.3 Å². The van der Waals surface area contributed by atoms with E-state index >= 15 is 0 Å². The summed E-state index contributed by atoms with van der Waals surface area (Å²) >= 11 is 0. The molecule has 0 spiro atoms. The summed E-state index contributed by atoms with van der Waals surface area (Å²) in [6, 6.07) is 0.964. The first kappa shape index (κ1) is 15.1. The van der Waals surface area contributed by atoms with E-state index in [0.717, 1.165) is 0 Å². The molecule has 0 unspecified atom stereocenters. The van der Waals surface area contributed by atoms with E-state index in [2.05, 4.69) is 5.32 Å². The van der Waals surface area contributed by atoms with E-state index < -0.39 is 23.7 Å². The second-order valence-electron chi connectivity index (χ2n) is 5.23. The van der Waals surface area contributed by atoms with Gasteiger partial charge in [0.1, 0.15) is 11.4 Å². The van der Waals surface area contributed by atoms with Crippen LogP contribution in [0.25, 0.3) is 0 Å². The van der Waals surface area contributed by atoms with Crippen molar-refractivity contribution in [3.05, 3.63) is 23.7 Å². The first-order chi connectivity index (χ1) is 8.69. The maximum absolute atomic E-state index is 11.7. The molecule has 2 N–H and O–H groups in total. The molecule has 0 bridgehead atoms. The highest BCUT2D eigenvalue weighted by molar-refractivity contribution is 5.72. The van der Waals surface area contributed by atoms with Crippen molar-refractivity contribution in [1.82, 2.24) is 5.32 Å². The molecule has 1 aromatic rings. The third kappa shape index (κ3) is 5.03. The van der Waals surface area contributed by atoms with Crippen LogP contribution in [0.3, 0.4) is 0 Å². The third-order valence-corrected chi connectivity index (χ3v) is 2.34. The Hall–Kier alpha value is -1.98. The summed E-state index contributed by atoms with van der Waals surface area (Å²) in [6.07, 6.45) is 0.565. The molecule has 0 aromatic carbocycles. The molecule has 1 atom stereocenters. The Morgan fingerprint density at radius 3 is 2.53 bits per heavy atom. The maximum Gasteiger partial charge on any atom is 0.408 e. The zero-order chi connectivity index (χ0) is 14.6. The lowest BCUT2D eigenvalue weighted by molar-refractivity contribution is -0.137. The molecule has 106 valence electrons. The summed E-state index contributed by atoms with van der Waals surface area (Å²) in [4.78, 5) is 22.6. The number of carboxylic acids is 1. The topological polar surface area (TPSA) is 88.8 Å². The Morgan fingerprint density at radius 2 is 2.11 bits per heavy atom. The zero-order valence-corrected chi connectivity index (χ0v) is 11.5. The number of carbonyl (C=O) groups excluding carboxylic acids is 1. The molecular weight excluding hydrogens is 250 g/mol. The van der Waals surface area contributed by atoms with Gasteiger partial charge in [-0.3, -0.25) is 4.79 Å². The van der Waals surface area contributed by atoms with Crippen molar-refractivity contribution in [2.45, 2.75) is 45.8 Å². The molecule has 0 aliphatic rings. The lowest BCUT2D eigenvalue weighted by atomic mass is 10.1. The van der Waals surface area contributed by atoms with Gasteiger partial charge in [0.2, 0.25) is 0 Å². The Bertz CT molecular complexity index is 458. The van der Waals surface area contributed by atoms with Gasteiger partial charge >= 0.3 is 12.1 Å². The fraction of sp³-hybridized carbons (Fsp3) is 0.538. The lowest BCUT2D eigenvalue weighted by Crippen LogP contribution is -2.35. The minimum absolute atomic E-state index is 0.236. The van der Waals surface area contributed by atoms with Crippen LogP contribution in [0.2, 0.25) is 0 Å². The molecule has 0 radical (unpaired) electrons. The summed E-state index contributed by atoms with van der Waals surface area (Å²) < 4.78 is 10.2. The van der Waals surface area contributed by atoms with Crippen LogP contribution in [0.15, 0.2) is 16.7 Å². The number of carbonyl (C=O) groups is 2. The van der Waals surface area contributed by atoms with Crippen LogP contribution in [0.4, 0.5) is 4.79 Å². The number of carboxylic acid groups (broad SMARTS) is 1.